The van der Waals surface area contributed by atoms with Gasteiger partial charge in [-0.1, -0.05) is 0 Å². The van der Waals surface area contributed by atoms with Crippen molar-refractivity contribution < 1.29 is 24.2 Å². The smallest absolute Gasteiger partial charge is 0.329 e. The summed E-state index contributed by atoms with van der Waals surface area (Å²) in [6, 6.07) is 0. The maximum absolute atomic E-state index is 11.5. The van der Waals surface area contributed by atoms with Gasteiger partial charge < -0.3 is 20.5 Å². The molecule has 1 saturated heterocycles. The van der Waals surface area contributed by atoms with E-state index >= 15 is 0 Å². The first-order valence-corrected chi connectivity index (χ1v) is 4.87. The number of carbonyl (C=O) groups is 3. The molecule has 90 valence electrons. The van der Waals surface area contributed by atoms with Crippen LogP contribution >= 0.6 is 0 Å². The number of aliphatic carboxylic acids is 1. The molecule has 0 aromatic heterocycles. The molecule has 0 aromatic rings. The lowest BCUT2D eigenvalue weighted by Crippen LogP contribution is -2.34. The second-order valence-electron chi connectivity index (χ2n) is 3.61. The first-order chi connectivity index (χ1) is 7.50. The largest absolute Gasteiger partial charge is 0.480 e. The van der Waals surface area contributed by atoms with Crippen molar-refractivity contribution in [2.75, 3.05) is 26.3 Å². The number of carboxylic acids is 1. The number of hydrogen-bond donors (Lipinski definition) is 2. The van der Waals surface area contributed by atoms with E-state index in [-0.39, 0.29) is 18.4 Å². The number of primary amides is 1. The number of likely N-dealkylation sites (tertiary alicyclic amines) is 1. The minimum absolute atomic E-state index is 0.280. The van der Waals surface area contributed by atoms with Gasteiger partial charge in [-0.05, 0) is 6.42 Å². The summed E-state index contributed by atoms with van der Waals surface area (Å²) >= 11 is 0. The number of hydrogen-bond acceptors (Lipinski definition) is 4. The first-order valence-electron chi connectivity index (χ1n) is 4.87. The number of ether oxygens (including phenoxy) is 1. The molecular formula is C9H14N2O5. The van der Waals surface area contributed by atoms with Gasteiger partial charge in [0.05, 0.1) is 5.92 Å². The van der Waals surface area contributed by atoms with Crippen LogP contribution in [0.15, 0.2) is 0 Å². The highest BCUT2D eigenvalue weighted by Gasteiger charge is 2.29. The van der Waals surface area contributed by atoms with Crippen LogP contribution in [0.25, 0.3) is 0 Å². The highest BCUT2D eigenvalue weighted by Crippen LogP contribution is 2.15. The second kappa shape index (κ2) is 5.45. The minimum Gasteiger partial charge on any atom is -0.480 e. The van der Waals surface area contributed by atoms with Crippen LogP contribution < -0.4 is 5.73 Å². The number of rotatable bonds is 5. The van der Waals surface area contributed by atoms with E-state index in [0.29, 0.717) is 19.5 Å². The van der Waals surface area contributed by atoms with Gasteiger partial charge in [-0.25, -0.2) is 4.79 Å². The fourth-order valence-electron chi connectivity index (χ4n) is 1.54. The molecule has 1 heterocycles. The molecule has 0 aromatic carbocycles. The van der Waals surface area contributed by atoms with Gasteiger partial charge in [0.15, 0.2) is 0 Å². The van der Waals surface area contributed by atoms with Crippen LogP contribution in [-0.4, -0.2) is 54.1 Å². The summed E-state index contributed by atoms with van der Waals surface area (Å²) in [7, 11) is 0. The zero-order valence-electron chi connectivity index (χ0n) is 8.72. The molecule has 1 aliphatic rings. The van der Waals surface area contributed by atoms with Crippen LogP contribution in [0.5, 0.6) is 0 Å². The molecule has 1 fully saturated rings. The number of nitrogens with two attached hydrogens (primary N) is 1. The Labute approximate surface area is 92.1 Å². The van der Waals surface area contributed by atoms with Gasteiger partial charge in [-0.3, -0.25) is 9.59 Å². The molecule has 7 nitrogen and oxygen atoms in total. The van der Waals surface area contributed by atoms with Crippen LogP contribution in [0, 0.1) is 5.92 Å². The van der Waals surface area contributed by atoms with E-state index in [1.165, 1.54) is 4.90 Å². The normalized spacial score (nSPS) is 19.8. The Kier molecular flexibility index (Phi) is 4.24. The maximum atomic E-state index is 11.5. The van der Waals surface area contributed by atoms with Gasteiger partial charge in [-0.2, -0.15) is 0 Å². The van der Waals surface area contributed by atoms with E-state index in [0.717, 1.165) is 0 Å². The lowest BCUT2D eigenvalue weighted by atomic mass is 10.1. The molecule has 3 N–H and O–H groups in total. The van der Waals surface area contributed by atoms with Gasteiger partial charge in [0.25, 0.3) is 0 Å². The predicted octanol–water partition coefficient (Wildman–Crippen LogP) is -1.58. The summed E-state index contributed by atoms with van der Waals surface area (Å²) in [5.74, 6) is -2.15. The minimum atomic E-state index is -1.12. The maximum Gasteiger partial charge on any atom is 0.329 e. The molecule has 0 bridgehead atoms. The van der Waals surface area contributed by atoms with Gasteiger partial charge in [0, 0.05) is 13.1 Å². The summed E-state index contributed by atoms with van der Waals surface area (Å²) in [4.78, 5) is 33.9. The zero-order chi connectivity index (χ0) is 12.1. The zero-order valence-corrected chi connectivity index (χ0v) is 8.72. The lowest BCUT2D eigenvalue weighted by Gasteiger charge is -2.15. The molecule has 1 atom stereocenters. The summed E-state index contributed by atoms with van der Waals surface area (Å²) in [6.45, 7) is -0.0237. The molecular weight excluding hydrogens is 216 g/mol. The van der Waals surface area contributed by atoms with Crippen LogP contribution in [0.3, 0.4) is 0 Å². The van der Waals surface area contributed by atoms with E-state index in [2.05, 4.69) is 4.74 Å². The lowest BCUT2D eigenvalue weighted by molar-refractivity contribution is -0.145. The molecule has 16 heavy (non-hydrogen) atoms. The Morgan fingerprint density at radius 2 is 2.06 bits per heavy atom. The highest BCUT2D eigenvalue weighted by molar-refractivity contribution is 5.81. The third-order valence-electron chi connectivity index (χ3n) is 2.39. The van der Waals surface area contributed by atoms with Crippen molar-refractivity contribution >= 4 is 17.8 Å². The fourth-order valence-corrected chi connectivity index (χ4v) is 1.54. The molecule has 1 rings (SSSR count). The standard InChI is InChI=1S/C9H14N2O5/c10-9(15)6-1-2-11(3-6)7(12)4-16-5-8(13)14/h6H,1-5H2,(H2,10,15)(H,13,14). The van der Waals surface area contributed by atoms with E-state index in [4.69, 9.17) is 10.8 Å². The molecule has 7 heteroatoms. The molecule has 0 aliphatic carbocycles. The Morgan fingerprint density at radius 1 is 1.38 bits per heavy atom. The third-order valence-corrected chi connectivity index (χ3v) is 2.39. The van der Waals surface area contributed by atoms with Crippen molar-refractivity contribution in [3.8, 4) is 0 Å². The molecule has 0 saturated carbocycles. The van der Waals surface area contributed by atoms with Crippen molar-refractivity contribution in [2.45, 2.75) is 6.42 Å². The first kappa shape index (κ1) is 12.4. The molecule has 2 amide bonds. The highest BCUT2D eigenvalue weighted by atomic mass is 16.5. The van der Waals surface area contributed by atoms with E-state index < -0.39 is 18.5 Å². The molecule has 0 radical (unpaired) electrons. The summed E-state index contributed by atoms with van der Waals surface area (Å²) < 4.78 is 4.66. The van der Waals surface area contributed by atoms with E-state index in [1.807, 2.05) is 0 Å². The van der Waals surface area contributed by atoms with E-state index in [9.17, 15) is 14.4 Å². The Bertz CT molecular complexity index is 304. The number of amides is 2. The molecule has 1 unspecified atom stereocenters. The van der Waals surface area contributed by atoms with Gasteiger partial charge >= 0.3 is 5.97 Å². The van der Waals surface area contributed by atoms with E-state index in [1.54, 1.807) is 0 Å². The Morgan fingerprint density at radius 3 is 2.56 bits per heavy atom. The SMILES string of the molecule is NC(=O)C1CCN(C(=O)COCC(=O)O)C1. The Hall–Kier alpha value is -1.63. The average molecular weight is 230 g/mol. The summed E-state index contributed by atoms with van der Waals surface area (Å²) in [5, 5.41) is 8.30. The summed E-state index contributed by atoms with van der Waals surface area (Å²) in [6.07, 6.45) is 0.556. The molecule has 0 spiro atoms. The third kappa shape index (κ3) is 3.50. The van der Waals surface area contributed by atoms with Crippen LogP contribution in [0.1, 0.15) is 6.42 Å². The van der Waals surface area contributed by atoms with Gasteiger partial charge in [0.1, 0.15) is 13.2 Å². The van der Waals surface area contributed by atoms with Crippen molar-refractivity contribution in [2.24, 2.45) is 11.7 Å². The quantitative estimate of drug-likeness (QED) is 0.592. The molecule has 1 aliphatic heterocycles. The Balaban J connectivity index is 2.28. The van der Waals surface area contributed by atoms with Gasteiger partial charge in [-0.15, -0.1) is 0 Å². The summed E-state index contributed by atoms with van der Waals surface area (Å²) in [5.41, 5.74) is 5.11. The van der Waals surface area contributed by atoms with Crippen molar-refractivity contribution in [1.29, 1.82) is 0 Å². The van der Waals surface area contributed by atoms with Crippen LogP contribution in [0.4, 0.5) is 0 Å². The second-order valence-corrected chi connectivity index (χ2v) is 3.61. The van der Waals surface area contributed by atoms with Crippen molar-refractivity contribution in [1.82, 2.24) is 4.90 Å². The predicted molar refractivity (Wildman–Crippen MR) is 52.3 cm³/mol. The van der Waals surface area contributed by atoms with Gasteiger partial charge in [0.2, 0.25) is 11.8 Å². The average Bonchev–Trinajstić information content (AvgIpc) is 2.65. The van der Waals surface area contributed by atoms with Crippen molar-refractivity contribution in [3.63, 3.8) is 0 Å². The van der Waals surface area contributed by atoms with Crippen molar-refractivity contribution in [3.05, 3.63) is 0 Å². The topological polar surface area (TPSA) is 110 Å². The monoisotopic (exact) mass is 230 g/mol. The van der Waals surface area contributed by atoms with Crippen LogP contribution in [-0.2, 0) is 19.1 Å². The number of carboxylic acid groups (broad SMARTS) is 1. The fraction of sp³-hybridized carbons (Fsp3) is 0.667. The number of carbonyl (C=O) groups excluding carboxylic acids is 2. The van der Waals surface area contributed by atoms with Crippen LogP contribution in [0.2, 0.25) is 0 Å². The number of nitrogens with zero attached hydrogens (tertiary/aromatic N) is 1.